The van der Waals surface area contributed by atoms with E-state index in [0.717, 1.165) is 0 Å². The van der Waals surface area contributed by atoms with Crippen molar-refractivity contribution in [2.24, 2.45) is 0 Å². The highest BCUT2D eigenvalue weighted by Crippen LogP contribution is 1.84. The minimum absolute atomic E-state index is 0. The highest BCUT2D eigenvalue weighted by atomic mass is 28.1. The first kappa shape index (κ1) is 13.6. The maximum Gasteiger partial charge on any atom is 0.0558 e. The number of aliphatic hydroxyl groups excluding tert-OH is 3. The van der Waals surface area contributed by atoms with E-state index in [-0.39, 0.29) is 30.8 Å². The Bertz CT molecular complexity index is 60.6. The predicted molar refractivity (Wildman–Crippen MR) is 43.5 cm³/mol. The van der Waals surface area contributed by atoms with Gasteiger partial charge >= 0.3 is 0 Å². The van der Waals surface area contributed by atoms with Gasteiger partial charge in [-0.15, -0.1) is 0 Å². The van der Waals surface area contributed by atoms with Crippen molar-refractivity contribution in [3.63, 3.8) is 0 Å². The molecule has 0 aromatic rings. The van der Waals surface area contributed by atoms with Crippen LogP contribution < -0.4 is 0 Å². The van der Waals surface area contributed by atoms with E-state index in [1.165, 1.54) is 0 Å². The first-order chi connectivity index (χ1) is 4.85. The van der Waals surface area contributed by atoms with Gasteiger partial charge in [0.2, 0.25) is 0 Å². The molecular weight excluding hydrogens is 162 g/mol. The molecule has 0 fully saturated rings. The van der Waals surface area contributed by atoms with Crippen LogP contribution in [0, 0.1) is 0 Å². The topological polar surface area (TPSA) is 63.9 Å². The van der Waals surface area contributed by atoms with Crippen molar-refractivity contribution >= 4 is 11.0 Å². The fourth-order valence-corrected chi connectivity index (χ4v) is 0.760. The SMILES string of the molecule is OCCN(CCO)CCO.[Si]. The Labute approximate surface area is 71.5 Å². The zero-order valence-corrected chi connectivity index (χ0v) is 7.53. The lowest BCUT2D eigenvalue weighted by Gasteiger charge is -2.17. The monoisotopic (exact) mass is 177 g/mol. The van der Waals surface area contributed by atoms with Crippen LogP contribution in [-0.4, -0.2) is 70.6 Å². The molecule has 0 rings (SSSR count). The number of rotatable bonds is 6. The molecule has 0 aliphatic heterocycles. The van der Waals surface area contributed by atoms with Crippen LogP contribution in [0.2, 0.25) is 0 Å². The quantitative estimate of drug-likeness (QED) is 0.406. The summed E-state index contributed by atoms with van der Waals surface area (Å²) in [6.07, 6.45) is 0. The Balaban J connectivity index is 0. The molecule has 0 aliphatic rings. The minimum atomic E-state index is 0. The van der Waals surface area contributed by atoms with E-state index in [1.807, 2.05) is 0 Å². The second-order valence-corrected chi connectivity index (χ2v) is 2.01. The molecule has 4 nitrogen and oxygen atoms in total. The summed E-state index contributed by atoms with van der Waals surface area (Å²) in [5.74, 6) is 0. The van der Waals surface area contributed by atoms with E-state index in [1.54, 1.807) is 4.90 Å². The minimum Gasteiger partial charge on any atom is -0.395 e. The largest absolute Gasteiger partial charge is 0.395 e. The molecule has 3 N–H and O–H groups in total. The molecule has 0 heterocycles. The maximum absolute atomic E-state index is 8.48. The third-order valence-corrected chi connectivity index (χ3v) is 1.25. The van der Waals surface area contributed by atoms with E-state index >= 15 is 0 Å². The number of hydrogen-bond donors (Lipinski definition) is 3. The molecule has 0 aromatic carbocycles. The second kappa shape index (κ2) is 10.1. The Morgan fingerprint density at radius 2 is 1.00 bits per heavy atom. The molecule has 0 aliphatic carbocycles. The summed E-state index contributed by atoms with van der Waals surface area (Å²) in [7, 11) is 0. The molecule has 0 bridgehead atoms. The van der Waals surface area contributed by atoms with Gasteiger partial charge in [-0.05, 0) is 0 Å². The molecular formula is C6H15NO3Si. The van der Waals surface area contributed by atoms with Gasteiger partial charge in [-0.3, -0.25) is 4.90 Å². The smallest absolute Gasteiger partial charge is 0.0558 e. The molecule has 0 amide bonds. The maximum atomic E-state index is 8.48. The number of aliphatic hydroxyl groups is 3. The van der Waals surface area contributed by atoms with Crippen molar-refractivity contribution in [1.82, 2.24) is 4.90 Å². The molecule has 0 unspecified atom stereocenters. The average molecular weight is 177 g/mol. The van der Waals surface area contributed by atoms with Crippen molar-refractivity contribution in [3.05, 3.63) is 0 Å². The van der Waals surface area contributed by atoms with Crippen LogP contribution in [0.4, 0.5) is 0 Å². The highest BCUT2D eigenvalue weighted by molar-refractivity contribution is 5.75. The van der Waals surface area contributed by atoms with Crippen LogP contribution in [0.3, 0.4) is 0 Å². The van der Waals surface area contributed by atoms with Gasteiger partial charge in [-0.1, -0.05) is 0 Å². The van der Waals surface area contributed by atoms with Gasteiger partial charge in [-0.2, -0.15) is 0 Å². The zero-order valence-electron chi connectivity index (χ0n) is 6.53. The summed E-state index contributed by atoms with van der Waals surface area (Å²) in [6, 6.07) is 0. The van der Waals surface area contributed by atoms with Crippen LogP contribution in [0.15, 0.2) is 0 Å². The molecule has 4 radical (unpaired) electrons. The van der Waals surface area contributed by atoms with Gasteiger partial charge in [0.15, 0.2) is 0 Å². The molecule has 0 aromatic heterocycles. The summed E-state index contributed by atoms with van der Waals surface area (Å²) < 4.78 is 0. The number of hydrogen-bond acceptors (Lipinski definition) is 4. The molecule has 0 saturated carbocycles. The van der Waals surface area contributed by atoms with Gasteiger partial charge in [0.1, 0.15) is 0 Å². The van der Waals surface area contributed by atoms with Gasteiger partial charge in [0, 0.05) is 30.6 Å². The van der Waals surface area contributed by atoms with E-state index in [0.29, 0.717) is 19.6 Å². The Morgan fingerprint density at radius 3 is 1.18 bits per heavy atom. The molecule has 66 valence electrons. The van der Waals surface area contributed by atoms with Gasteiger partial charge in [0.25, 0.3) is 0 Å². The van der Waals surface area contributed by atoms with Crippen molar-refractivity contribution in [2.75, 3.05) is 39.5 Å². The number of nitrogens with zero attached hydrogens (tertiary/aromatic N) is 1. The molecule has 5 heteroatoms. The van der Waals surface area contributed by atoms with Crippen molar-refractivity contribution in [1.29, 1.82) is 0 Å². The van der Waals surface area contributed by atoms with E-state index in [2.05, 4.69) is 0 Å². The normalized spacial score (nSPS) is 9.82. The Morgan fingerprint density at radius 1 is 0.727 bits per heavy atom. The molecule has 0 spiro atoms. The van der Waals surface area contributed by atoms with Gasteiger partial charge in [0.05, 0.1) is 19.8 Å². The van der Waals surface area contributed by atoms with Gasteiger partial charge in [-0.25, -0.2) is 0 Å². The molecule has 0 atom stereocenters. The van der Waals surface area contributed by atoms with Crippen molar-refractivity contribution in [3.8, 4) is 0 Å². The van der Waals surface area contributed by atoms with E-state index < -0.39 is 0 Å². The van der Waals surface area contributed by atoms with Crippen LogP contribution in [0.5, 0.6) is 0 Å². The lowest BCUT2D eigenvalue weighted by Crippen LogP contribution is -2.32. The van der Waals surface area contributed by atoms with Crippen molar-refractivity contribution < 1.29 is 15.3 Å². The lowest BCUT2D eigenvalue weighted by molar-refractivity contribution is 0.136. The van der Waals surface area contributed by atoms with Crippen LogP contribution in [-0.2, 0) is 0 Å². The van der Waals surface area contributed by atoms with Crippen LogP contribution in [0.1, 0.15) is 0 Å². The average Bonchev–Trinajstić information content (AvgIpc) is 1.90. The molecule has 0 saturated heterocycles. The summed E-state index contributed by atoms with van der Waals surface area (Å²) in [6.45, 7) is 1.75. The van der Waals surface area contributed by atoms with Gasteiger partial charge < -0.3 is 15.3 Å². The highest BCUT2D eigenvalue weighted by Gasteiger charge is 2.00. The van der Waals surface area contributed by atoms with Crippen LogP contribution in [0.25, 0.3) is 0 Å². The van der Waals surface area contributed by atoms with E-state index in [9.17, 15) is 0 Å². The summed E-state index contributed by atoms with van der Waals surface area (Å²) in [5.41, 5.74) is 0. The standard InChI is InChI=1S/C6H15NO3.Si/c8-4-1-7(2-5-9)3-6-10;/h8-10H,1-6H2;. The first-order valence-electron chi connectivity index (χ1n) is 3.40. The van der Waals surface area contributed by atoms with Crippen molar-refractivity contribution in [2.45, 2.75) is 0 Å². The zero-order chi connectivity index (χ0) is 7.82. The summed E-state index contributed by atoms with van der Waals surface area (Å²) >= 11 is 0. The second-order valence-electron chi connectivity index (χ2n) is 2.01. The third-order valence-electron chi connectivity index (χ3n) is 1.25. The predicted octanol–water partition coefficient (Wildman–Crippen LogP) is -2.12. The van der Waals surface area contributed by atoms with Crippen LogP contribution >= 0.6 is 0 Å². The third kappa shape index (κ3) is 7.96. The summed E-state index contributed by atoms with van der Waals surface area (Å²) in [5, 5.41) is 25.5. The lowest BCUT2D eigenvalue weighted by atomic mass is 10.4. The summed E-state index contributed by atoms with van der Waals surface area (Å²) in [4.78, 5) is 1.79. The Hall–Kier alpha value is 0.0569. The Kier molecular flexibility index (Phi) is 12.5. The fraction of sp³-hybridized carbons (Fsp3) is 1.00. The molecule has 11 heavy (non-hydrogen) atoms. The first-order valence-corrected chi connectivity index (χ1v) is 3.40. The van der Waals surface area contributed by atoms with E-state index in [4.69, 9.17) is 15.3 Å². The fourth-order valence-electron chi connectivity index (χ4n) is 0.760.